The van der Waals surface area contributed by atoms with E-state index in [-0.39, 0.29) is 0 Å². The minimum atomic E-state index is 0.433. The lowest BCUT2D eigenvalue weighted by atomic mass is 9.99. The van der Waals surface area contributed by atoms with Crippen LogP contribution in [0.3, 0.4) is 0 Å². The molecule has 110 valence electrons. The van der Waals surface area contributed by atoms with E-state index in [2.05, 4.69) is 56.0 Å². The van der Waals surface area contributed by atoms with Gasteiger partial charge in [-0.05, 0) is 36.9 Å². The molecule has 1 aromatic heterocycles. The van der Waals surface area contributed by atoms with Crippen molar-refractivity contribution in [2.75, 3.05) is 20.3 Å². The first kappa shape index (κ1) is 16.3. The molecule has 1 atom stereocenters. The van der Waals surface area contributed by atoms with Gasteiger partial charge in [-0.15, -0.1) is 0 Å². The first-order valence-corrected chi connectivity index (χ1v) is 7.45. The zero-order valence-corrected chi connectivity index (χ0v) is 13.1. The first-order chi connectivity index (χ1) is 9.04. The second-order valence-electron chi connectivity index (χ2n) is 5.99. The quantitative estimate of drug-likeness (QED) is 0.693. The van der Waals surface area contributed by atoms with Gasteiger partial charge < -0.3 is 14.6 Å². The summed E-state index contributed by atoms with van der Waals surface area (Å²) in [5.74, 6) is 1.32. The van der Waals surface area contributed by atoms with E-state index in [0.29, 0.717) is 12.0 Å². The SMILES string of the molecule is CNC(c1ccn(CCOCCC(C)C)c1)C(C)C. The van der Waals surface area contributed by atoms with Crippen molar-refractivity contribution in [3.63, 3.8) is 0 Å². The second kappa shape index (κ2) is 8.39. The van der Waals surface area contributed by atoms with Crippen molar-refractivity contribution >= 4 is 0 Å². The molecule has 0 aliphatic carbocycles. The summed E-state index contributed by atoms with van der Waals surface area (Å²) >= 11 is 0. The molecule has 0 saturated heterocycles. The van der Waals surface area contributed by atoms with Crippen LogP contribution in [0.15, 0.2) is 18.5 Å². The van der Waals surface area contributed by atoms with Gasteiger partial charge in [0.15, 0.2) is 0 Å². The van der Waals surface area contributed by atoms with E-state index < -0.39 is 0 Å². The highest BCUT2D eigenvalue weighted by Gasteiger charge is 2.14. The van der Waals surface area contributed by atoms with Gasteiger partial charge >= 0.3 is 0 Å². The summed E-state index contributed by atoms with van der Waals surface area (Å²) < 4.78 is 7.88. The molecule has 1 N–H and O–H groups in total. The van der Waals surface area contributed by atoms with Gasteiger partial charge in [0.05, 0.1) is 6.61 Å². The highest BCUT2D eigenvalue weighted by atomic mass is 16.5. The number of rotatable bonds is 9. The van der Waals surface area contributed by atoms with Crippen LogP contribution in [0.4, 0.5) is 0 Å². The number of ether oxygens (including phenoxy) is 1. The van der Waals surface area contributed by atoms with Crippen molar-refractivity contribution in [2.45, 2.75) is 46.7 Å². The van der Waals surface area contributed by atoms with E-state index in [1.165, 1.54) is 5.56 Å². The summed E-state index contributed by atoms with van der Waals surface area (Å²) in [5.41, 5.74) is 1.36. The van der Waals surface area contributed by atoms with Crippen LogP contribution in [-0.4, -0.2) is 24.8 Å². The van der Waals surface area contributed by atoms with Crippen LogP contribution in [0.2, 0.25) is 0 Å². The van der Waals surface area contributed by atoms with Gasteiger partial charge in [0, 0.05) is 31.6 Å². The Balaban J connectivity index is 2.34. The van der Waals surface area contributed by atoms with Gasteiger partial charge in [-0.2, -0.15) is 0 Å². The number of nitrogens with one attached hydrogen (secondary N) is 1. The van der Waals surface area contributed by atoms with Gasteiger partial charge in [0.1, 0.15) is 0 Å². The molecule has 19 heavy (non-hydrogen) atoms. The van der Waals surface area contributed by atoms with Gasteiger partial charge in [-0.25, -0.2) is 0 Å². The maximum absolute atomic E-state index is 5.66. The van der Waals surface area contributed by atoms with Crippen LogP contribution in [-0.2, 0) is 11.3 Å². The van der Waals surface area contributed by atoms with Gasteiger partial charge in [-0.3, -0.25) is 0 Å². The zero-order valence-electron chi connectivity index (χ0n) is 13.1. The van der Waals surface area contributed by atoms with Gasteiger partial charge in [0.2, 0.25) is 0 Å². The van der Waals surface area contributed by atoms with Crippen molar-refractivity contribution < 1.29 is 4.74 Å². The molecule has 0 fully saturated rings. The lowest BCUT2D eigenvalue weighted by Crippen LogP contribution is -2.21. The molecule has 0 amide bonds. The molecule has 1 aromatic rings. The molecule has 0 aromatic carbocycles. The lowest BCUT2D eigenvalue weighted by molar-refractivity contribution is 0.116. The normalized spacial score (nSPS) is 13.4. The third kappa shape index (κ3) is 5.79. The fourth-order valence-corrected chi connectivity index (χ4v) is 2.26. The molecule has 0 saturated carbocycles. The summed E-state index contributed by atoms with van der Waals surface area (Å²) in [6.07, 6.45) is 5.52. The molecule has 1 unspecified atom stereocenters. The smallest absolute Gasteiger partial charge is 0.0645 e. The molecule has 0 spiro atoms. The summed E-state index contributed by atoms with van der Waals surface area (Å²) in [6, 6.07) is 2.64. The van der Waals surface area contributed by atoms with Gasteiger partial charge in [0.25, 0.3) is 0 Å². The van der Waals surface area contributed by atoms with Crippen molar-refractivity contribution in [2.24, 2.45) is 11.8 Å². The average Bonchev–Trinajstić information content (AvgIpc) is 2.77. The fourth-order valence-electron chi connectivity index (χ4n) is 2.26. The van der Waals surface area contributed by atoms with Crippen molar-refractivity contribution in [3.05, 3.63) is 24.0 Å². The van der Waals surface area contributed by atoms with Crippen LogP contribution in [0.5, 0.6) is 0 Å². The molecule has 3 heteroatoms. The lowest BCUT2D eigenvalue weighted by Gasteiger charge is -2.18. The predicted molar refractivity (Wildman–Crippen MR) is 81.3 cm³/mol. The maximum atomic E-state index is 5.66. The van der Waals surface area contributed by atoms with E-state index in [1.807, 2.05) is 7.05 Å². The molecule has 0 aliphatic heterocycles. The topological polar surface area (TPSA) is 26.2 Å². The van der Waals surface area contributed by atoms with Crippen molar-refractivity contribution in [3.8, 4) is 0 Å². The predicted octanol–water partition coefficient (Wildman–Crippen LogP) is 3.47. The van der Waals surface area contributed by atoms with Crippen LogP contribution in [0.1, 0.15) is 45.7 Å². The van der Waals surface area contributed by atoms with E-state index in [9.17, 15) is 0 Å². The maximum Gasteiger partial charge on any atom is 0.0645 e. The fraction of sp³-hybridized carbons (Fsp3) is 0.750. The first-order valence-electron chi connectivity index (χ1n) is 7.45. The Labute approximate surface area is 118 Å². The Morgan fingerprint density at radius 1 is 1.21 bits per heavy atom. The second-order valence-corrected chi connectivity index (χ2v) is 5.99. The summed E-state index contributed by atoms with van der Waals surface area (Å²) in [5, 5.41) is 3.38. The van der Waals surface area contributed by atoms with Crippen molar-refractivity contribution in [1.29, 1.82) is 0 Å². The Morgan fingerprint density at radius 3 is 2.53 bits per heavy atom. The standard InChI is InChI=1S/C16H30N2O/c1-13(2)7-10-19-11-9-18-8-6-15(12-18)16(17-5)14(3)4/h6,8,12-14,16-17H,7,9-11H2,1-5H3. The van der Waals surface area contributed by atoms with E-state index in [1.54, 1.807) is 0 Å². The highest BCUT2D eigenvalue weighted by Crippen LogP contribution is 2.21. The molecular weight excluding hydrogens is 236 g/mol. The average molecular weight is 266 g/mol. The Hall–Kier alpha value is -0.800. The summed E-state index contributed by atoms with van der Waals surface area (Å²) in [4.78, 5) is 0. The van der Waals surface area contributed by atoms with Crippen LogP contribution < -0.4 is 5.32 Å². The molecule has 3 nitrogen and oxygen atoms in total. The minimum absolute atomic E-state index is 0.433. The molecule has 1 heterocycles. The number of hydrogen-bond acceptors (Lipinski definition) is 2. The molecule has 0 bridgehead atoms. The third-order valence-corrected chi connectivity index (χ3v) is 3.44. The summed E-state index contributed by atoms with van der Waals surface area (Å²) in [7, 11) is 2.02. The number of aromatic nitrogens is 1. The third-order valence-electron chi connectivity index (χ3n) is 3.44. The molecule has 0 radical (unpaired) electrons. The Bertz CT molecular complexity index is 344. The number of hydrogen-bond donors (Lipinski definition) is 1. The van der Waals surface area contributed by atoms with Crippen LogP contribution >= 0.6 is 0 Å². The van der Waals surface area contributed by atoms with Crippen LogP contribution in [0.25, 0.3) is 0 Å². The minimum Gasteiger partial charge on any atom is -0.380 e. The number of nitrogens with zero attached hydrogens (tertiary/aromatic N) is 1. The van der Waals surface area contributed by atoms with Gasteiger partial charge in [-0.1, -0.05) is 27.7 Å². The Kier molecular flexibility index (Phi) is 7.17. The monoisotopic (exact) mass is 266 g/mol. The molecule has 1 rings (SSSR count). The van der Waals surface area contributed by atoms with E-state index >= 15 is 0 Å². The van der Waals surface area contributed by atoms with Crippen molar-refractivity contribution in [1.82, 2.24) is 9.88 Å². The van der Waals surface area contributed by atoms with Crippen LogP contribution in [0, 0.1) is 11.8 Å². The molecular formula is C16H30N2O. The van der Waals surface area contributed by atoms with E-state index in [0.717, 1.165) is 32.1 Å². The summed E-state index contributed by atoms with van der Waals surface area (Å²) in [6.45, 7) is 11.5. The van der Waals surface area contributed by atoms with E-state index in [4.69, 9.17) is 4.74 Å². The Morgan fingerprint density at radius 2 is 1.95 bits per heavy atom. The zero-order chi connectivity index (χ0) is 14.3. The highest BCUT2D eigenvalue weighted by molar-refractivity contribution is 5.16. The largest absolute Gasteiger partial charge is 0.380 e. The molecule has 0 aliphatic rings.